The molecule has 0 bridgehead atoms. The number of carbonyl (C=O) groups excluding carboxylic acids is 3. The summed E-state index contributed by atoms with van der Waals surface area (Å²) in [5.74, 6) is -3.07. The molecule has 12 heteroatoms. The number of thiol groups is 1. The van der Waals surface area contributed by atoms with Crippen molar-refractivity contribution in [3.8, 4) is 5.75 Å². The van der Waals surface area contributed by atoms with Gasteiger partial charge in [-0.15, -0.1) is 0 Å². The summed E-state index contributed by atoms with van der Waals surface area (Å²) < 4.78 is 0. The first-order valence-electron chi connectivity index (χ1n) is 11.5. The Bertz CT molecular complexity index is 1260. The van der Waals surface area contributed by atoms with Crippen LogP contribution in [0.5, 0.6) is 5.75 Å². The van der Waals surface area contributed by atoms with Crippen molar-refractivity contribution in [3.63, 3.8) is 0 Å². The Morgan fingerprint density at radius 2 is 1.65 bits per heavy atom. The number of carboxylic acid groups (broad SMARTS) is 1. The van der Waals surface area contributed by atoms with E-state index < -0.39 is 48.4 Å². The van der Waals surface area contributed by atoms with Crippen molar-refractivity contribution < 1.29 is 29.4 Å². The third kappa shape index (κ3) is 7.72. The van der Waals surface area contributed by atoms with Crippen LogP contribution in [-0.2, 0) is 32.0 Å². The third-order valence-corrected chi connectivity index (χ3v) is 6.09. The number of aromatic amines is 1. The molecule has 3 amide bonds. The Hall–Kier alpha value is -4.03. The zero-order chi connectivity index (χ0) is 26.9. The van der Waals surface area contributed by atoms with Gasteiger partial charge in [0.25, 0.3) is 0 Å². The topological polar surface area (TPSA) is 187 Å². The molecule has 0 radical (unpaired) electrons. The molecule has 0 saturated heterocycles. The van der Waals surface area contributed by atoms with E-state index in [0.717, 1.165) is 16.5 Å². The molecular weight excluding hydrogens is 498 g/mol. The van der Waals surface area contributed by atoms with Crippen molar-refractivity contribution in [1.29, 1.82) is 0 Å². The second-order valence-corrected chi connectivity index (χ2v) is 8.83. The monoisotopic (exact) mass is 527 g/mol. The van der Waals surface area contributed by atoms with E-state index in [2.05, 4.69) is 33.6 Å². The standard InChI is InChI=1S/C25H29N5O6S/c26-18(13-37)23(33)30-20(9-14-5-7-16(31)8-6-14)24(34)28-12-22(32)29-21(25(35)36)10-15-11-27-19-4-2-1-3-17(15)19/h1-8,11,18,20-21,27,31,37H,9-10,12-13,26H2,(H,28,34)(H,29,32)(H,30,33)(H,35,36). The predicted octanol–water partition coefficient (Wildman–Crippen LogP) is 0.0862. The Morgan fingerprint density at radius 1 is 0.946 bits per heavy atom. The van der Waals surface area contributed by atoms with Crippen LogP contribution < -0.4 is 21.7 Å². The van der Waals surface area contributed by atoms with E-state index in [-0.39, 0.29) is 24.3 Å². The van der Waals surface area contributed by atoms with E-state index in [1.165, 1.54) is 12.1 Å². The van der Waals surface area contributed by atoms with E-state index in [4.69, 9.17) is 5.73 Å². The summed E-state index contributed by atoms with van der Waals surface area (Å²) in [5.41, 5.74) is 7.92. The lowest BCUT2D eigenvalue weighted by Crippen LogP contribution is -2.54. The van der Waals surface area contributed by atoms with Crippen molar-refractivity contribution in [3.05, 3.63) is 65.9 Å². The molecular formula is C25H29N5O6S. The molecule has 196 valence electrons. The summed E-state index contributed by atoms with van der Waals surface area (Å²) in [6, 6.07) is 10.2. The number of carbonyl (C=O) groups is 4. The smallest absolute Gasteiger partial charge is 0.326 e. The molecule has 0 aliphatic carbocycles. The van der Waals surface area contributed by atoms with Gasteiger partial charge in [0.05, 0.1) is 12.6 Å². The first kappa shape index (κ1) is 27.6. The molecule has 2 aromatic carbocycles. The predicted molar refractivity (Wildman–Crippen MR) is 140 cm³/mol. The van der Waals surface area contributed by atoms with Crippen LogP contribution in [0.3, 0.4) is 0 Å². The lowest BCUT2D eigenvalue weighted by atomic mass is 10.0. The minimum atomic E-state index is -1.22. The number of carboxylic acids is 1. The third-order valence-electron chi connectivity index (χ3n) is 5.70. The molecule has 0 spiro atoms. The minimum Gasteiger partial charge on any atom is -0.508 e. The number of amides is 3. The van der Waals surface area contributed by atoms with Gasteiger partial charge < -0.3 is 36.9 Å². The molecule has 3 aromatic rings. The van der Waals surface area contributed by atoms with E-state index in [1.54, 1.807) is 18.3 Å². The molecule has 0 fully saturated rings. The highest BCUT2D eigenvalue weighted by Crippen LogP contribution is 2.19. The number of hydrogen-bond acceptors (Lipinski definition) is 7. The maximum Gasteiger partial charge on any atom is 0.326 e. The van der Waals surface area contributed by atoms with E-state index in [0.29, 0.717) is 5.56 Å². The average Bonchev–Trinajstić information content (AvgIpc) is 3.29. The lowest BCUT2D eigenvalue weighted by Gasteiger charge is -2.21. The number of nitrogens with two attached hydrogens (primary N) is 1. The number of phenols is 1. The number of benzene rings is 2. The number of aromatic hydroxyl groups is 1. The molecule has 0 saturated carbocycles. The molecule has 3 unspecified atom stereocenters. The summed E-state index contributed by atoms with van der Waals surface area (Å²) >= 11 is 3.99. The van der Waals surface area contributed by atoms with Crippen molar-refractivity contribution in [1.82, 2.24) is 20.9 Å². The molecule has 1 heterocycles. The fourth-order valence-electron chi connectivity index (χ4n) is 3.70. The van der Waals surface area contributed by atoms with E-state index >= 15 is 0 Å². The Labute approximate surface area is 218 Å². The zero-order valence-electron chi connectivity index (χ0n) is 19.8. The summed E-state index contributed by atoms with van der Waals surface area (Å²) in [7, 11) is 0. The highest BCUT2D eigenvalue weighted by molar-refractivity contribution is 7.80. The second kappa shape index (κ2) is 12.8. The van der Waals surface area contributed by atoms with Gasteiger partial charge in [-0.3, -0.25) is 14.4 Å². The molecule has 0 aliphatic rings. The van der Waals surface area contributed by atoms with Crippen LogP contribution in [0, 0.1) is 0 Å². The van der Waals surface area contributed by atoms with Crippen molar-refractivity contribution in [2.24, 2.45) is 5.73 Å². The number of para-hydroxylation sites is 1. The molecule has 3 rings (SSSR count). The number of hydrogen-bond donors (Lipinski definition) is 8. The van der Waals surface area contributed by atoms with Crippen LogP contribution in [0.15, 0.2) is 54.7 Å². The minimum absolute atomic E-state index is 0.0418. The maximum atomic E-state index is 12.9. The molecule has 3 atom stereocenters. The quantitative estimate of drug-likeness (QED) is 0.153. The van der Waals surface area contributed by atoms with Crippen molar-refractivity contribution in [2.45, 2.75) is 31.0 Å². The molecule has 11 nitrogen and oxygen atoms in total. The molecule has 0 aliphatic heterocycles. The van der Waals surface area contributed by atoms with Gasteiger partial charge in [0.2, 0.25) is 17.7 Å². The Kier molecular flexibility index (Phi) is 9.52. The molecule has 1 aromatic heterocycles. The van der Waals surface area contributed by atoms with Crippen LogP contribution in [0.2, 0.25) is 0 Å². The largest absolute Gasteiger partial charge is 0.508 e. The van der Waals surface area contributed by atoms with Gasteiger partial charge in [-0.05, 0) is 29.3 Å². The van der Waals surface area contributed by atoms with Crippen LogP contribution in [0.25, 0.3) is 10.9 Å². The van der Waals surface area contributed by atoms with Crippen molar-refractivity contribution >= 4 is 47.2 Å². The van der Waals surface area contributed by atoms with Gasteiger partial charge in [-0.1, -0.05) is 30.3 Å². The van der Waals surface area contributed by atoms with E-state index in [1.807, 2.05) is 24.3 Å². The first-order chi connectivity index (χ1) is 17.7. The Balaban J connectivity index is 1.62. The number of phenolic OH excluding ortho intramolecular Hbond substituents is 1. The maximum absolute atomic E-state index is 12.9. The zero-order valence-corrected chi connectivity index (χ0v) is 20.7. The van der Waals surface area contributed by atoms with Gasteiger partial charge >= 0.3 is 5.97 Å². The Morgan fingerprint density at radius 3 is 2.32 bits per heavy atom. The highest BCUT2D eigenvalue weighted by atomic mass is 32.1. The summed E-state index contributed by atoms with van der Waals surface area (Å²) in [6.45, 7) is -0.503. The number of aromatic nitrogens is 1. The SMILES string of the molecule is NC(CS)C(=O)NC(Cc1ccc(O)cc1)C(=O)NCC(=O)NC(Cc1c[nH]c2ccccc12)C(=O)O. The lowest BCUT2D eigenvalue weighted by molar-refractivity contribution is -0.141. The van der Waals surface area contributed by atoms with E-state index in [9.17, 15) is 29.4 Å². The first-order valence-corrected chi connectivity index (χ1v) is 12.1. The number of nitrogens with one attached hydrogen (secondary N) is 4. The average molecular weight is 528 g/mol. The number of aliphatic carboxylic acids is 1. The van der Waals surface area contributed by atoms with Gasteiger partial charge in [0.15, 0.2) is 0 Å². The van der Waals surface area contributed by atoms with Crippen LogP contribution in [0.1, 0.15) is 11.1 Å². The van der Waals surface area contributed by atoms with Crippen LogP contribution in [0.4, 0.5) is 0 Å². The van der Waals surface area contributed by atoms with Gasteiger partial charge in [0, 0.05) is 35.7 Å². The van der Waals surface area contributed by atoms with Crippen LogP contribution in [-0.4, -0.2) is 69.3 Å². The normalized spacial score (nSPS) is 13.4. The van der Waals surface area contributed by atoms with Gasteiger partial charge in [-0.25, -0.2) is 4.79 Å². The number of H-pyrrole nitrogens is 1. The highest BCUT2D eigenvalue weighted by Gasteiger charge is 2.26. The fraction of sp³-hybridized carbons (Fsp3) is 0.280. The molecule has 8 N–H and O–H groups in total. The molecule has 37 heavy (non-hydrogen) atoms. The number of fused-ring (bicyclic) bond motifs is 1. The summed E-state index contributed by atoms with van der Waals surface area (Å²) in [5, 5.41) is 27.4. The van der Waals surface area contributed by atoms with Gasteiger partial charge in [-0.2, -0.15) is 12.6 Å². The fourth-order valence-corrected chi connectivity index (χ4v) is 3.86. The second-order valence-electron chi connectivity index (χ2n) is 8.46. The van der Waals surface area contributed by atoms with Crippen LogP contribution >= 0.6 is 12.6 Å². The van der Waals surface area contributed by atoms with Gasteiger partial charge in [0.1, 0.15) is 17.8 Å². The summed E-state index contributed by atoms with van der Waals surface area (Å²) in [4.78, 5) is 52.5. The summed E-state index contributed by atoms with van der Waals surface area (Å²) in [6.07, 6.45) is 1.80. The number of rotatable bonds is 12. The van der Waals surface area contributed by atoms with Crippen molar-refractivity contribution in [2.75, 3.05) is 12.3 Å².